The second kappa shape index (κ2) is 7.70. The predicted molar refractivity (Wildman–Crippen MR) is 95.9 cm³/mol. The fourth-order valence-corrected chi connectivity index (χ4v) is 4.94. The molecule has 1 aromatic carbocycles. The van der Waals surface area contributed by atoms with Gasteiger partial charge in [0.05, 0.1) is 5.02 Å². The Morgan fingerprint density at radius 2 is 1.87 bits per heavy atom. The summed E-state index contributed by atoms with van der Waals surface area (Å²) in [5, 5.41) is 3.91. The molecule has 2 aliphatic rings. The Bertz CT molecular complexity index is 639. The maximum Gasteiger partial charge on any atom is 0.244 e. The summed E-state index contributed by atoms with van der Waals surface area (Å²) in [6.45, 7) is 4.04. The van der Waals surface area contributed by atoms with E-state index in [1.54, 1.807) is 16.4 Å². The highest BCUT2D eigenvalue weighted by atomic mass is 35.5. The smallest absolute Gasteiger partial charge is 0.244 e. The van der Waals surface area contributed by atoms with Gasteiger partial charge in [0, 0.05) is 19.1 Å². The molecule has 7 heteroatoms. The molecule has 0 unspecified atom stereocenters. The summed E-state index contributed by atoms with van der Waals surface area (Å²) in [4.78, 5) is 0.235. The number of nitrogens with zero attached hydrogens (tertiary/aromatic N) is 1. The molecule has 0 spiro atoms. The average Bonchev–Trinajstić information content (AvgIpc) is 3.32. The van der Waals surface area contributed by atoms with E-state index in [9.17, 15) is 8.42 Å². The maximum absolute atomic E-state index is 12.8. The van der Waals surface area contributed by atoms with Gasteiger partial charge >= 0.3 is 0 Å². The van der Waals surface area contributed by atoms with Gasteiger partial charge in [0.1, 0.15) is 4.90 Å². The molecule has 23 heavy (non-hydrogen) atoms. The van der Waals surface area contributed by atoms with Crippen LogP contribution in [0.4, 0.5) is 0 Å². The van der Waals surface area contributed by atoms with Crippen LogP contribution in [0.25, 0.3) is 0 Å². The zero-order valence-electron chi connectivity index (χ0n) is 13.3. The number of sulfonamides is 1. The minimum absolute atomic E-state index is 0. The lowest BCUT2D eigenvalue weighted by Crippen LogP contribution is -2.45. The molecule has 3 rings (SSSR count). The lowest BCUT2D eigenvalue weighted by atomic mass is 10.1. The van der Waals surface area contributed by atoms with Gasteiger partial charge in [0.25, 0.3) is 0 Å². The molecule has 1 aliphatic heterocycles. The Morgan fingerprint density at radius 3 is 2.48 bits per heavy atom. The summed E-state index contributed by atoms with van der Waals surface area (Å²) < 4.78 is 27.1. The Balaban J connectivity index is 0.00000192. The first kappa shape index (κ1) is 19.0. The molecule has 1 N–H and O–H groups in total. The first-order valence-electron chi connectivity index (χ1n) is 7.97. The first-order chi connectivity index (χ1) is 10.5. The van der Waals surface area contributed by atoms with Crippen molar-refractivity contribution in [3.05, 3.63) is 28.8 Å². The summed E-state index contributed by atoms with van der Waals surface area (Å²) in [6, 6.07) is 5.62. The lowest BCUT2D eigenvalue weighted by molar-refractivity contribution is 0.288. The van der Waals surface area contributed by atoms with E-state index in [0.29, 0.717) is 24.2 Å². The van der Waals surface area contributed by atoms with Crippen LogP contribution in [0.2, 0.25) is 5.02 Å². The third-order valence-electron chi connectivity index (χ3n) is 4.62. The zero-order valence-corrected chi connectivity index (χ0v) is 15.7. The van der Waals surface area contributed by atoms with E-state index in [4.69, 9.17) is 11.6 Å². The van der Waals surface area contributed by atoms with Crippen molar-refractivity contribution in [3.63, 3.8) is 0 Å². The van der Waals surface area contributed by atoms with Crippen molar-refractivity contribution in [2.24, 2.45) is 5.92 Å². The topological polar surface area (TPSA) is 49.4 Å². The van der Waals surface area contributed by atoms with Crippen molar-refractivity contribution in [1.82, 2.24) is 9.62 Å². The van der Waals surface area contributed by atoms with E-state index in [0.717, 1.165) is 30.9 Å². The van der Waals surface area contributed by atoms with Crippen molar-refractivity contribution >= 4 is 34.0 Å². The van der Waals surface area contributed by atoms with E-state index < -0.39 is 10.0 Å². The van der Waals surface area contributed by atoms with E-state index in [2.05, 4.69) is 5.32 Å². The molecule has 1 heterocycles. The summed E-state index contributed by atoms with van der Waals surface area (Å²) >= 11 is 6.20. The molecular weight excluding hydrogens is 355 g/mol. The molecule has 0 bridgehead atoms. The van der Waals surface area contributed by atoms with Crippen molar-refractivity contribution < 1.29 is 8.42 Å². The molecule has 0 amide bonds. The minimum atomic E-state index is -3.48. The highest BCUT2D eigenvalue weighted by Crippen LogP contribution is 2.30. The number of halogens is 2. The number of hydrogen-bond acceptors (Lipinski definition) is 3. The number of hydrogen-bond donors (Lipinski definition) is 1. The molecule has 1 aliphatic carbocycles. The molecule has 1 saturated carbocycles. The molecule has 4 nitrogen and oxygen atoms in total. The largest absolute Gasteiger partial charge is 0.314 e. The van der Waals surface area contributed by atoms with Crippen LogP contribution in [0, 0.1) is 12.8 Å². The Labute approximate surface area is 150 Å². The minimum Gasteiger partial charge on any atom is -0.314 e. The summed E-state index contributed by atoms with van der Waals surface area (Å²) in [5.74, 6) is 0.855. The van der Waals surface area contributed by atoms with Gasteiger partial charge in [-0.15, -0.1) is 12.4 Å². The molecule has 0 radical (unpaired) electrons. The highest BCUT2D eigenvalue weighted by Gasteiger charge is 2.31. The quantitative estimate of drug-likeness (QED) is 0.855. The molecule has 1 saturated heterocycles. The third kappa shape index (κ3) is 4.40. The highest BCUT2D eigenvalue weighted by molar-refractivity contribution is 7.89. The van der Waals surface area contributed by atoms with Gasteiger partial charge in [-0.3, -0.25) is 0 Å². The van der Waals surface area contributed by atoms with Crippen molar-refractivity contribution in [1.29, 1.82) is 0 Å². The number of benzene rings is 1. The first-order valence-corrected chi connectivity index (χ1v) is 9.79. The number of piperidine rings is 1. The van der Waals surface area contributed by atoms with Crippen LogP contribution in [-0.4, -0.2) is 38.4 Å². The van der Waals surface area contributed by atoms with E-state index in [-0.39, 0.29) is 17.3 Å². The second-order valence-electron chi connectivity index (χ2n) is 6.42. The van der Waals surface area contributed by atoms with Crippen molar-refractivity contribution in [2.45, 2.75) is 43.5 Å². The number of aryl methyl sites for hydroxylation is 1. The van der Waals surface area contributed by atoms with E-state index >= 15 is 0 Å². The summed E-state index contributed by atoms with van der Waals surface area (Å²) in [5.41, 5.74) is 0.795. The standard InChI is InChI=1S/C16H23ClN2O2S.ClH/c1-12-3-2-4-15(16(12)17)22(20,21)19-9-7-14(8-10-19)18-11-13-5-6-13;/h2-4,13-14,18H,5-11H2,1H3;1H. The lowest BCUT2D eigenvalue weighted by Gasteiger charge is -2.32. The van der Waals surface area contributed by atoms with Crippen LogP contribution >= 0.6 is 24.0 Å². The Hall–Kier alpha value is -0.330. The van der Waals surface area contributed by atoms with Crippen LogP contribution in [0.3, 0.4) is 0 Å². The van der Waals surface area contributed by atoms with Crippen LogP contribution in [0.15, 0.2) is 23.1 Å². The number of nitrogens with one attached hydrogen (secondary N) is 1. The van der Waals surface area contributed by atoms with Gasteiger partial charge in [-0.25, -0.2) is 8.42 Å². The van der Waals surface area contributed by atoms with Gasteiger partial charge in [0.15, 0.2) is 0 Å². The van der Waals surface area contributed by atoms with Crippen LogP contribution in [0.5, 0.6) is 0 Å². The number of rotatable bonds is 5. The van der Waals surface area contributed by atoms with Gasteiger partial charge in [-0.2, -0.15) is 4.31 Å². The van der Waals surface area contributed by atoms with Gasteiger partial charge in [-0.05, 0) is 56.7 Å². The fraction of sp³-hybridized carbons (Fsp3) is 0.625. The molecule has 1 aromatic rings. The van der Waals surface area contributed by atoms with Crippen LogP contribution < -0.4 is 5.32 Å². The SMILES string of the molecule is Cc1cccc(S(=O)(=O)N2CCC(NCC3CC3)CC2)c1Cl.Cl. The summed E-state index contributed by atoms with van der Waals surface area (Å²) in [7, 11) is -3.48. The normalized spacial score (nSPS) is 20.3. The Morgan fingerprint density at radius 1 is 1.22 bits per heavy atom. The van der Waals surface area contributed by atoms with Gasteiger partial charge in [0.2, 0.25) is 10.0 Å². The van der Waals surface area contributed by atoms with Gasteiger partial charge in [-0.1, -0.05) is 23.7 Å². The van der Waals surface area contributed by atoms with Crippen LogP contribution in [0.1, 0.15) is 31.2 Å². The van der Waals surface area contributed by atoms with Crippen molar-refractivity contribution in [2.75, 3.05) is 19.6 Å². The van der Waals surface area contributed by atoms with Crippen molar-refractivity contribution in [3.8, 4) is 0 Å². The molecule has 2 fully saturated rings. The average molecular weight is 379 g/mol. The van der Waals surface area contributed by atoms with E-state index in [1.165, 1.54) is 12.8 Å². The fourth-order valence-electron chi connectivity index (χ4n) is 2.91. The maximum atomic E-state index is 12.8. The molecule has 0 atom stereocenters. The molecular formula is C16H24Cl2N2O2S. The molecule has 130 valence electrons. The molecule has 0 aromatic heterocycles. The Kier molecular flexibility index (Phi) is 6.36. The monoisotopic (exact) mass is 378 g/mol. The van der Waals surface area contributed by atoms with Gasteiger partial charge < -0.3 is 5.32 Å². The van der Waals surface area contributed by atoms with E-state index in [1.807, 2.05) is 13.0 Å². The summed E-state index contributed by atoms with van der Waals surface area (Å²) in [6.07, 6.45) is 4.42. The van der Waals surface area contributed by atoms with Crippen LogP contribution in [-0.2, 0) is 10.0 Å². The second-order valence-corrected chi connectivity index (χ2v) is 8.70. The predicted octanol–water partition coefficient (Wildman–Crippen LogP) is 3.22. The zero-order chi connectivity index (χ0) is 15.7. The third-order valence-corrected chi connectivity index (χ3v) is 7.17.